The van der Waals surface area contributed by atoms with Crippen LogP contribution in [-0.4, -0.2) is 149 Å². The fourth-order valence-electron chi connectivity index (χ4n) is 8.69. The van der Waals surface area contributed by atoms with Gasteiger partial charge in [-0.1, -0.05) is 50.2 Å². The summed E-state index contributed by atoms with van der Waals surface area (Å²) in [6, 6.07) is 5.77. The Morgan fingerprint density at radius 3 is 2.33 bits per heavy atom. The third-order valence-corrected chi connectivity index (χ3v) is 13.8. The zero-order valence-corrected chi connectivity index (χ0v) is 39.4. The summed E-state index contributed by atoms with van der Waals surface area (Å²) in [5, 5.41) is 53.7. The Labute approximate surface area is 371 Å². The number of oxime groups is 1. The number of aliphatic hydroxyl groups excluding tert-OH is 2. The van der Waals surface area contributed by atoms with Crippen LogP contribution in [0.4, 0.5) is 0 Å². The molecule has 14 atom stereocenters. The molecule has 2 aliphatic rings. The van der Waals surface area contributed by atoms with E-state index in [4.69, 9.17) is 34.7 Å². The van der Waals surface area contributed by atoms with Crippen LogP contribution in [0, 0.1) is 23.7 Å². The van der Waals surface area contributed by atoms with Gasteiger partial charge in [-0.15, -0.1) is 5.10 Å². The molecule has 20 heteroatoms. The zero-order valence-electron chi connectivity index (χ0n) is 38.6. The molecule has 0 unspecified atom stereocenters. The maximum atomic E-state index is 14.3. The molecule has 0 spiro atoms. The molecule has 1 aromatic carbocycles. The zero-order chi connectivity index (χ0) is 47.2. The molecule has 356 valence electrons. The molecular formula is C43H71N7O12S. The molecule has 7 N–H and O–H groups in total. The highest BCUT2D eigenvalue weighted by Gasteiger charge is 2.52. The number of carbonyl (C=O) groups is 2. The summed E-state index contributed by atoms with van der Waals surface area (Å²) in [6.07, 6.45) is -3.97. The third kappa shape index (κ3) is 12.7. The van der Waals surface area contributed by atoms with Gasteiger partial charge in [-0.2, -0.15) is 0 Å². The van der Waals surface area contributed by atoms with Gasteiger partial charge in [0.25, 0.3) is 0 Å². The lowest BCUT2D eigenvalue weighted by Crippen LogP contribution is -2.60. The highest BCUT2D eigenvalue weighted by Crippen LogP contribution is 2.39. The van der Waals surface area contributed by atoms with Gasteiger partial charge in [-0.25, -0.2) is 18.2 Å². The van der Waals surface area contributed by atoms with E-state index in [1.807, 2.05) is 25.8 Å². The normalized spacial score (nSPS) is 35.3. The van der Waals surface area contributed by atoms with Gasteiger partial charge in [-0.3, -0.25) is 9.59 Å². The van der Waals surface area contributed by atoms with Gasteiger partial charge in [0.05, 0.1) is 46.8 Å². The van der Waals surface area contributed by atoms with Gasteiger partial charge in [0, 0.05) is 56.6 Å². The molecule has 19 nitrogen and oxygen atoms in total. The van der Waals surface area contributed by atoms with Crippen molar-refractivity contribution < 1.29 is 57.1 Å². The van der Waals surface area contributed by atoms with Gasteiger partial charge >= 0.3 is 5.97 Å². The van der Waals surface area contributed by atoms with Crippen molar-refractivity contribution >= 4 is 27.5 Å². The van der Waals surface area contributed by atoms with Crippen LogP contribution in [0.25, 0.3) is 0 Å². The van der Waals surface area contributed by atoms with Gasteiger partial charge in [0.1, 0.15) is 29.8 Å². The molecule has 2 aliphatic heterocycles. The van der Waals surface area contributed by atoms with E-state index in [0.717, 1.165) is 5.56 Å². The van der Waals surface area contributed by atoms with E-state index in [9.17, 15) is 33.3 Å². The van der Waals surface area contributed by atoms with Crippen molar-refractivity contribution in [3.63, 3.8) is 0 Å². The number of aliphatic hydroxyl groups is 3. The smallest absolute Gasteiger partial charge is 0.316 e. The lowest BCUT2D eigenvalue weighted by Gasteiger charge is -2.47. The number of esters is 1. The molecule has 0 radical (unpaired) electrons. The molecule has 3 heterocycles. The maximum absolute atomic E-state index is 14.3. The number of primary sulfonamides is 1. The van der Waals surface area contributed by atoms with Gasteiger partial charge in [-0.05, 0) is 78.6 Å². The lowest BCUT2D eigenvalue weighted by atomic mass is 9.74. The number of ketones is 1. The molecule has 0 saturated carbocycles. The number of likely N-dealkylation sites (N-methyl/N-ethyl adjacent to an activating group) is 1. The molecule has 4 rings (SSSR count). The number of nitrogens with two attached hydrogens (primary N) is 2. The number of carbonyl (C=O) groups excluding carboxylic acids is 2. The number of cyclic esters (lactones) is 1. The summed E-state index contributed by atoms with van der Waals surface area (Å²) in [5.74, 6) is -5.03. The predicted molar refractivity (Wildman–Crippen MR) is 232 cm³/mol. The summed E-state index contributed by atoms with van der Waals surface area (Å²) in [7, 11) is -0.440. The average molecular weight is 910 g/mol. The second-order valence-corrected chi connectivity index (χ2v) is 19.5. The summed E-state index contributed by atoms with van der Waals surface area (Å²) in [6.45, 7) is 16.1. The first-order chi connectivity index (χ1) is 29.4. The Bertz CT molecular complexity index is 1970. The highest BCUT2D eigenvalue weighted by atomic mass is 32.2. The van der Waals surface area contributed by atoms with E-state index >= 15 is 0 Å². The minimum absolute atomic E-state index is 0.0194. The fourth-order valence-corrected chi connectivity index (χ4v) is 9.21. The number of sulfonamides is 1. The average Bonchev–Trinajstić information content (AvgIpc) is 3.69. The molecule has 0 bridgehead atoms. The molecule has 0 aliphatic carbocycles. The predicted octanol–water partition coefficient (Wildman–Crippen LogP) is 1.77. The van der Waals surface area contributed by atoms with Gasteiger partial charge in [0.2, 0.25) is 10.0 Å². The molecule has 2 saturated heterocycles. The number of rotatable bonds is 14. The number of aromatic nitrogens is 3. The summed E-state index contributed by atoms with van der Waals surface area (Å²) in [5.41, 5.74) is 4.47. The number of Topliss-reactive ketones (excluding diaryl/α,β-unsaturated/α-hetero) is 1. The van der Waals surface area contributed by atoms with Crippen molar-refractivity contribution in [2.75, 3.05) is 27.2 Å². The van der Waals surface area contributed by atoms with Gasteiger partial charge in [0.15, 0.2) is 12.1 Å². The molecule has 2 fully saturated rings. The first-order valence-corrected chi connectivity index (χ1v) is 23.3. The van der Waals surface area contributed by atoms with E-state index in [1.165, 1.54) is 33.1 Å². The number of hydrogen-bond acceptors (Lipinski definition) is 17. The summed E-state index contributed by atoms with van der Waals surface area (Å²) < 4.78 is 50.0. The number of methoxy groups -OCH3 is 1. The fraction of sp³-hybridized carbons (Fsp3) is 0.744. The third-order valence-electron chi connectivity index (χ3n) is 12.8. The Hall–Kier alpha value is -3.44. The molecular weight excluding hydrogens is 839 g/mol. The number of benzene rings is 1. The topological polar surface area (TPSA) is 273 Å². The first kappa shape index (κ1) is 52.2. The second-order valence-electron chi connectivity index (χ2n) is 18.0. The van der Waals surface area contributed by atoms with E-state index in [1.54, 1.807) is 57.6 Å². The number of nitrogens with zero attached hydrogens (tertiary/aromatic N) is 5. The summed E-state index contributed by atoms with van der Waals surface area (Å²) >= 11 is 0. The lowest BCUT2D eigenvalue weighted by molar-refractivity contribution is -0.295. The van der Waals surface area contributed by atoms with Crippen LogP contribution in [0.5, 0.6) is 0 Å². The first-order valence-electron chi connectivity index (χ1n) is 21.7. The Kier molecular flexibility index (Phi) is 18.0. The highest BCUT2D eigenvalue weighted by molar-refractivity contribution is 7.89. The second kappa shape index (κ2) is 21.7. The Morgan fingerprint density at radius 1 is 1.10 bits per heavy atom. The van der Waals surface area contributed by atoms with Crippen molar-refractivity contribution in [3.05, 3.63) is 41.7 Å². The van der Waals surface area contributed by atoms with E-state index in [2.05, 4.69) is 15.5 Å². The van der Waals surface area contributed by atoms with Crippen LogP contribution in [0.1, 0.15) is 92.8 Å². The number of ether oxygens (including phenoxy) is 4. The van der Waals surface area contributed by atoms with Crippen LogP contribution < -0.4 is 10.9 Å². The largest absolute Gasteiger partial charge is 0.459 e. The van der Waals surface area contributed by atoms with E-state index in [-0.39, 0.29) is 30.4 Å². The van der Waals surface area contributed by atoms with E-state index in [0.29, 0.717) is 37.3 Å². The van der Waals surface area contributed by atoms with Crippen molar-refractivity contribution in [2.45, 2.75) is 160 Å². The maximum Gasteiger partial charge on any atom is 0.316 e. The quantitative estimate of drug-likeness (QED) is 0.103. The molecule has 63 heavy (non-hydrogen) atoms. The number of hydrogen-bond donors (Lipinski definition) is 5. The van der Waals surface area contributed by atoms with Gasteiger partial charge < -0.3 is 49.7 Å². The van der Waals surface area contributed by atoms with Crippen LogP contribution in [0.15, 0.2) is 40.5 Å². The summed E-state index contributed by atoms with van der Waals surface area (Å²) in [4.78, 5) is 35.8. The molecule has 1 aromatic heterocycles. The van der Waals surface area contributed by atoms with Crippen LogP contribution in [-0.2, 0) is 56.4 Å². The van der Waals surface area contributed by atoms with Crippen molar-refractivity contribution in [1.82, 2.24) is 19.9 Å². The van der Waals surface area contributed by atoms with Crippen LogP contribution in [0.3, 0.4) is 0 Å². The van der Waals surface area contributed by atoms with Crippen LogP contribution >= 0.6 is 0 Å². The monoisotopic (exact) mass is 909 g/mol. The minimum Gasteiger partial charge on any atom is -0.459 e. The molecule has 0 amide bonds. The molecule has 2 aromatic rings. The van der Waals surface area contributed by atoms with Crippen molar-refractivity contribution in [1.29, 1.82) is 0 Å². The standard InChI is InChI=1S/C43H71N7O12S/c1-12-34-43(9,55)38(53)27(5)35(47-62-26(4)21-44)24(2)20-42(8,58-11)39(28(6)36(51)29(7)40(54)60-34)61-41-37(52)33(19-25(3)59-41)49(10)18-17-31-23-50(48-46-31)22-30-13-15-32(16-14-30)63(45,56)57/h13-16,23-29,33-34,37-39,41,52-53,55H,12,17-22,44H2,1-11H3,(H2,45,56,57)/b47-35+/t24-,25-,26-,27+,28+,29-,33+,34-,37-,38-,39-,41+,42-,43-/m1/s1. The minimum atomic E-state index is -3.81. The Morgan fingerprint density at radius 2 is 1.75 bits per heavy atom. The Balaban J connectivity index is 1.61. The van der Waals surface area contributed by atoms with Crippen LogP contribution in [0.2, 0.25) is 0 Å². The van der Waals surface area contributed by atoms with E-state index < -0.39 is 99.5 Å². The van der Waals surface area contributed by atoms with Crippen molar-refractivity contribution in [3.8, 4) is 0 Å². The SMILES string of the molecule is CC[C@H]1OC(=O)[C@H](C)C(=O)[C@H](C)[C@@H](O[C@@H]2O[C@H](C)C[C@H](N(C)CCc3cn(Cc4ccc(S(N)(=O)=O)cc4)nn3)[C@H]2O)[C@](C)(OC)C[C@@H](C)/C(=N\O[C@H](C)CN)[C@H](C)[C@@H](O)[C@]1(C)O. The van der Waals surface area contributed by atoms with Crippen molar-refractivity contribution in [2.24, 2.45) is 39.7 Å².